The summed E-state index contributed by atoms with van der Waals surface area (Å²) >= 11 is 0. The molecule has 0 saturated heterocycles. The Hall–Kier alpha value is -3.95. The molecule has 27 heavy (non-hydrogen) atoms. The van der Waals surface area contributed by atoms with Crippen LogP contribution in [0.4, 0.5) is 5.69 Å². The maximum absolute atomic E-state index is 11.7. The van der Waals surface area contributed by atoms with Gasteiger partial charge in [0.2, 0.25) is 0 Å². The van der Waals surface area contributed by atoms with Crippen LogP contribution in [0.3, 0.4) is 0 Å². The molecule has 2 aromatic carbocycles. The lowest BCUT2D eigenvalue weighted by atomic mass is 10.2. The number of carbonyl (C=O) groups excluding carboxylic acids is 1. The van der Waals surface area contributed by atoms with Crippen molar-refractivity contribution in [3.8, 4) is 11.5 Å². The summed E-state index contributed by atoms with van der Waals surface area (Å²) in [6.45, 7) is -0.882. The molecule has 140 valence electrons. The van der Waals surface area contributed by atoms with Gasteiger partial charge < -0.3 is 14.6 Å². The van der Waals surface area contributed by atoms with Gasteiger partial charge in [-0.25, -0.2) is 10.2 Å². The van der Waals surface area contributed by atoms with Gasteiger partial charge >= 0.3 is 11.7 Å². The molecule has 0 aliphatic rings. The Morgan fingerprint density at radius 2 is 1.81 bits per heavy atom. The van der Waals surface area contributed by atoms with Crippen LogP contribution in [-0.2, 0) is 9.59 Å². The van der Waals surface area contributed by atoms with Gasteiger partial charge in [0.1, 0.15) is 5.75 Å². The number of hydrogen-bond donors (Lipinski definition) is 2. The van der Waals surface area contributed by atoms with Crippen LogP contribution in [0.2, 0.25) is 0 Å². The molecule has 0 saturated carbocycles. The third kappa shape index (κ3) is 6.46. The van der Waals surface area contributed by atoms with E-state index in [0.717, 1.165) is 0 Å². The van der Waals surface area contributed by atoms with E-state index in [4.69, 9.17) is 14.6 Å². The summed E-state index contributed by atoms with van der Waals surface area (Å²) in [6, 6.07) is 12.1. The third-order valence-corrected chi connectivity index (χ3v) is 3.07. The number of benzene rings is 2. The quantitative estimate of drug-likeness (QED) is 0.386. The monoisotopic (exact) mass is 373 g/mol. The van der Waals surface area contributed by atoms with Crippen molar-refractivity contribution in [1.82, 2.24) is 5.43 Å². The van der Waals surface area contributed by atoms with Crippen LogP contribution in [0.1, 0.15) is 5.56 Å². The minimum absolute atomic E-state index is 0.0152. The molecule has 10 nitrogen and oxygen atoms in total. The van der Waals surface area contributed by atoms with Crippen molar-refractivity contribution in [2.45, 2.75) is 0 Å². The topological polar surface area (TPSA) is 140 Å². The molecule has 0 aromatic heterocycles. The highest BCUT2D eigenvalue weighted by molar-refractivity contribution is 5.83. The Kier molecular flexibility index (Phi) is 6.83. The van der Waals surface area contributed by atoms with Gasteiger partial charge in [-0.05, 0) is 35.9 Å². The van der Waals surface area contributed by atoms with Gasteiger partial charge in [0, 0.05) is 6.07 Å². The number of carboxylic acid groups (broad SMARTS) is 1. The molecule has 0 heterocycles. The first-order valence-corrected chi connectivity index (χ1v) is 7.58. The van der Waals surface area contributed by atoms with Crippen LogP contribution >= 0.6 is 0 Å². The van der Waals surface area contributed by atoms with E-state index in [0.29, 0.717) is 11.3 Å². The van der Waals surface area contributed by atoms with Crippen molar-refractivity contribution in [2.75, 3.05) is 13.2 Å². The van der Waals surface area contributed by atoms with Crippen molar-refractivity contribution >= 4 is 23.8 Å². The second-order valence-corrected chi connectivity index (χ2v) is 5.06. The number of nitro benzene ring substituents is 1. The van der Waals surface area contributed by atoms with E-state index in [-0.39, 0.29) is 11.4 Å². The Morgan fingerprint density at radius 3 is 2.48 bits per heavy atom. The summed E-state index contributed by atoms with van der Waals surface area (Å²) in [5.41, 5.74) is 2.63. The van der Waals surface area contributed by atoms with E-state index in [1.807, 2.05) is 0 Å². The number of para-hydroxylation sites is 2. The van der Waals surface area contributed by atoms with Crippen molar-refractivity contribution in [1.29, 1.82) is 0 Å². The number of carboxylic acids is 1. The minimum Gasteiger partial charge on any atom is -0.482 e. The average molecular weight is 373 g/mol. The van der Waals surface area contributed by atoms with Crippen molar-refractivity contribution in [3.63, 3.8) is 0 Å². The molecular weight excluding hydrogens is 358 g/mol. The largest absolute Gasteiger partial charge is 0.482 e. The summed E-state index contributed by atoms with van der Waals surface area (Å²) in [5.74, 6) is -1.30. The molecule has 0 bridgehead atoms. The predicted molar refractivity (Wildman–Crippen MR) is 93.9 cm³/mol. The zero-order valence-corrected chi connectivity index (χ0v) is 13.9. The summed E-state index contributed by atoms with van der Waals surface area (Å²) < 4.78 is 10.1. The first-order valence-electron chi connectivity index (χ1n) is 7.58. The number of hydrazone groups is 1. The van der Waals surface area contributed by atoms with E-state index >= 15 is 0 Å². The highest BCUT2D eigenvalue weighted by Crippen LogP contribution is 2.25. The zero-order chi connectivity index (χ0) is 19.6. The summed E-state index contributed by atoms with van der Waals surface area (Å²) in [7, 11) is 0. The van der Waals surface area contributed by atoms with Crippen LogP contribution < -0.4 is 14.9 Å². The van der Waals surface area contributed by atoms with Crippen LogP contribution in [0.15, 0.2) is 53.6 Å². The Bertz CT molecular complexity index is 850. The van der Waals surface area contributed by atoms with Gasteiger partial charge in [-0.3, -0.25) is 14.9 Å². The van der Waals surface area contributed by atoms with Gasteiger partial charge in [-0.1, -0.05) is 12.1 Å². The summed E-state index contributed by atoms with van der Waals surface area (Å²) in [6.07, 6.45) is 1.36. The molecular formula is C17H15N3O7. The first kappa shape index (κ1) is 19.4. The number of carbonyl (C=O) groups is 2. The lowest BCUT2D eigenvalue weighted by Crippen LogP contribution is -2.24. The lowest BCUT2D eigenvalue weighted by molar-refractivity contribution is -0.385. The Labute approximate surface area is 153 Å². The lowest BCUT2D eigenvalue weighted by Gasteiger charge is -2.05. The molecule has 0 aliphatic heterocycles. The van der Waals surface area contributed by atoms with Crippen LogP contribution in [-0.4, -0.2) is 41.3 Å². The molecule has 0 unspecified atom stereocenters. The molecule has 0 atom stereocenters. The molecule has 2 aromatic rings. The molecule has 0 fully saturated rings. The average Bonchev–Trinajstić information content (AvgIpc) is 2.66. The van der Waals surface area contributed by atoms with Gasteiger partial charge in [-0.15, -0.1) is 0 Å². The van der Waals surface area contributed by atoms with Crippen molar-refractivity contribution < 1.29 is 29.1 Å². The summed E-state index contributed by atoms with van der Waals surface area (Å²) in [4.78, 5) is 32.4. The van der Waals surface area contributed by atoms with Crippen LogP contribution in [0.25, 0.3) is 0 Å². The molecule has 2 N–H and O–H groups in total. The highest BCUT2D eigenvalue weighted by Gasteiger charge is 2.14. The van der Waals surface area contributed by atoms with E-state index < -0.39 is 30.0 Å². The van der Waals surface area contributed by atoms with Gasteiger partial charge in [-0.2, -0.15) is 5.10 Å². The Balaban J connectivity index is 1.81. The second-order valence-electron chi connectivity index (χ2n) is 5.06. The fraction of sp³-hybridized carbons (Fsp3) is 0.118. The number of nitro groups is 1. The molecule has 0 aliphatic carbocycles. The van der Waals surface area contributed by atoms with E-state index in [1.54, 1.807) is 30.3 Å². The Morgan fingerprint density at radius 1 is 1.11 bits per heavy atom. The first-order chi connectivity index (χ1) is 13.0. The van der Waals surface area contributed by atoms with Gasteiger partial charge in [0.05, 0.1) is 11.1 Å². The third-order valence-electron chi connectivity index (χ3n) is 3.07. The van der Waals surface area contributed by atoms with E-state index in [1.165, 1.54) is 24.4 Å². The number of ether oxygens (including phenoxy) is 2. The van der Waals surface area contributed by atoms with Crippen LogP contribution in [0, 0.1) is 10.1 Å². The number of rotatable bonds is 9. The fourth-order valence-corrected chi connectivity index (χ4v) is 1.88. The SMILES string of the molecule is O=C(O)COc1ccc(/C=N/NC(=O)COc2ccccc2[N+](=O)[O-])cc1. The van der Waals surface area contributed by atoms with Gasteiger partial charge in [0.25, 0.3) is 5.91 Å². The standard InChI is InChI=1S/C17H15N3O7/c21-16(10-27-15-4-2-1-3-14(15)20(24)25)19-18-9-12-5-7-13(8-6-12)26-11-17(22)23/h1-9H,10-11H2,(H,19,21)(H,22,23)/b18-9+. The predicted octanol–water partition coefficient (Wildman–Crippen LogP) is 1.59. The maximum atomic E-state index is 11.7. The molecule has 0 spiro atoms. The molecule has 10 heteroatoms. The van der Waals surface area contributed by atoms with Crippen molar-refractivity contribution in [2.24, 2.45) is 5.10 Å². The van der Waals surface area contributed by atoms with E-state index in [9.17, 15) is 19.7 Å². The van der Waals surface area contributed by atoms with Crippen LogP contribution in [0.5, 0.6) is 11.5 Å². The number of nitrogens with one attached hydrogen (secondary N) is 1. The smallest absolute Gasteiger partial charge is 0.341 e. The fourth-order valence-electron chi connectivity index (χ4n) is 1.88. The van der Waals surface area contributed by atoms with Crippen molar-refractivity contribution in [3.05, 3.63) is 64.2 Å². The summed E-state index contributed by atoms with van der Waals surface area (Å²) in [5, 5.41) is 23.1. The highest BCUT2D eigenvalue weighted by atomic mass is 16.6. The zero-order valence-electron chi connectivity index (χ0n) is 13.9. The number of amides is 1. The maximum Gasteiger partial charge on any atom is 0.341 e. The number of hydrogen-bond acceptors (Lipinski definition) is 7. The normalized spacial score (nSPS) is 10.4. The molecule has 1 amide bonds. The number of aliphatic carboxylic acids is 1. The van der Waals surface area contributed by atoms with E-state index in [2.05, 4.69) is 10.5 Å². The number of nitrogens with zero attached hydrogens (tertiary/aromatic N) is 2. The molecule has 0 radical (unpaired) electrons. The van der Waals surface area contributed by atoms with Gasteiger partial charge in [0.15, 0.2) is 19.0 Å². The molecule has 2 rings (SSSR count). The second kappa shape index (κ2) is 9.51. The minimum atomic E-state index is -1.08.